The van der Waals surface area contributed by atoms with Gasteiger partial charge >= 0.3 is 11.9 Å². The highest BCUT2D eigenvalue weighted by atomic mass is 32.2. The van der Waals surface area contributed by atoms with E-state index < -0.39 is 29.4 Å². The van der Waals surface area contributed by atoms with E-state index in [2.05, 4.69) is 4.74 Å². The Hall–Kier alpha value is -1.57. The molecule has 0 aromatic rings. The molecule has 8 heteroatoms. The maximum absolute atomic E-state index is 12.4. The zero-order valence-corrected chi connectivity index (χ0v) is 15.3. The Morgan fingerprint density at radius 3 is 2.04 bits per heavy atom. The Morgan fingerprint density at radius 1 is 1.09 bits per heavy atom. The van der Waals surface area contributed by atoms with Gasteiger partial charge in [-0.2, -0.15) is 0 Å². The zero-order valence-electron chi connectivity index (χ0n) is 14.5. The summed E-state index contributed by atoms with van der Waals surface area (Å²) in [4.78, 5) is 47.8. The average Bonchev–Trinajstić information content (AvgIpc) is 2.40. The monoisotopic (exact) mass is 347 g/mol. The summed E-state index contributed by atoms with van der Waals surface area (Å²) in [6.07, 6.45) is 0. The summed E-state index contributed by atoms with van der Waals surface area (Å²) in [5.74, 6) is -1.89. The van der Waals surface area contributed by atoms with Gasteiger partial charge in [0, 0.05) is 18.6 Å². The maximum atomic E-state index is 12.4. The van der Waals surface area contributed by atoms with Crippen molar-refractivity contribution in [3.8, 4) is 0 Å². The van der Waals surface area contributed by atoms with Gasteiger partial charge < -0.3 is 14.4 Å². The molecule has 0 spiro atoms. The van der Waals surface area contributed by atoms with Crippen LogP contribution in [0.5, 0.6) is 0 Å². The van der Waals surface area contributed by atoms with Crippen LogP contribution in [0, 0.1) is 5.92 Å². The minimum Gasteiger partial charge on any atom is -0.468 e. The van der Waals surface area contributed by atoms with E-state index in [4.69, 9.17) is 4.74 Å². The van der Waals surface area contributed by atoms with Gasteiger partial charge in [0.25, 0.3) is 0 Å². The van der Waals surface area contributed by atoms with Crippen LogP contribution in [0.25, 0.3) is 0 Å². The number of nitrogens with zero attached hydrogens (tertiary/aromatic N) is 1. The fourth-order valence-corrected chi connectivity index (χ4v) is 2.21. The maximum Gasteiger partial charge on any atom is 0.326 e. The highest BCUT2D eigenvalue weighted by Gasteiger charge is 2.27. The smallest absolute Gasteiger partial charge is 0.326 e. The highest BCUT2D eigenvalue weighted by molar-refractivity contribution is 8.13. The number of hydrogen-bond acceptors (Lipinski definition) is 7. The second-order valence-corrected chi connectivity index (χ2v) is 7.26. The molecule has 0 saturated heterocycles. The second kappa shape index (κ2) is 9.54. The van der Waals surface area contributed by atoms with Crippen molar-refractivity contribution in [1.29, 1.82) is 0 Å². The standard InChI is InChI=1S/C15H25NO6S/c1-10(9-23-11(2)17)14(20)16(7-12(18)21-6)8-13(19)22-15(3,4)5/h10H,7-9H2,1-6H3/t10-/m1/s1. The molecule has 0 rings (SSSR count). The fourth-order valence-electron chi connectivity index (χ4n) is 1.59. The van der Waals surface area contributed by atoms with E-state index >= 15 is 0 Å². The van der Waals surface area contributed by atoms with E-state index in [1.54, 1.807) is 27.7 Å². The van der Waals surface area contributed by atoms with Crippen LogP contribution >= 0.6 is 11.8 Å². The van der Waals surface area contributed by atoms with Crippen LogP contribution in [0.1, 0.15) is 34.6 Å². The molecule has 0 aliphatic rings. The number of hydrogen-bond donors (Lipinski definition) is 0. The van der Waals surface area contributed by atoms with Crippen LogP contribution in [0.15, 0.2) is 0 Å². The molecule has 0 aliphatic carbocycles. The molecule has 132 valence electrons. The highest BCUT2D eigenvalue weighted by Crippen LogP contribution is 2.13. The van der Waals surface area contributed by atoms with E-state index in [9.17, 15) is 19.2 Å². The molecule has 0 fully saturated rings. The lowest BCUT2D eigenvalue weighted by molar-refractivity contribution is -0.161. The van der Waals surface area contributed by atoms with E-state index in [0.29, 0.717) is 0 Å². The van der Waals surface area contributed by atoms with Crippen molar-refractivity contribution < 1.29 is 28.7 Å². The van der Waals surface area contributed by atoms with Crippen LogP contribution in [0.4, 0.5) is 0 Å². The lowest BCUT2D eigenvalue weighted by Gasteiger charge is -2.26. The van der Waals surface area contributed by atoms with Crippen LogP contribution in [-0.2, 0) is 28.7 Å². The minimum atomic E-state index is -0.687. The molecule has 7 nitrogen and oxygen atoms in total. The molecule has 23 heavy (non-hydrogen) atoms. The first-order chi connectivity index (χ1) is 10.5. The van der Waals surface area contributed by atoms with Crippen molar-refractivity contribution in [2.24, 2.45) is 5.92 Å². The predicted octanol–water partition coefficient (Wildman–Crippen LogP) is 1.25. The Morgan fingerprint density at radius 2 is 1.61 bits per heavy atom. The van der Waals surface area contributed by atoms with Crippen molar-refractivity contribution in [2.45, 2.75) is 40.2 Å². The van der Waals surface area contributed by atoms with Crippen molar-refractivity contribution in [1.82, 2.24) is 4.90 Å². The Bertz CT molecular complexity index is 457. The third-order valence-electron chi connectivity index (χ3n) is 2.56. The molecular weight excluding hydrogens is 322 g/mol. The first kappa shape index (κ1) is 21.4. The predicted molar refractivity (Wildman–Crippen MR) is 86.7 cm³/mol. The molecule has 0 aromatic carbocycles. The quantitative estimate of drug-likeness (QED) is 0.640. The molecule has 0 aromatic heterocycles. The van der Waals surface area contributed by atoms with Crippen LogP contribution < -0.4 is 0 Å². The van der Waals surface area contributed by atoms with Gasteiger partial charge in [-0.1, -0.05) is 18.7 Å². The Labute approximate surface area is 141 Å². The number of ether oxygens (including phenoxy) is 2. The minimum absolute atomic E-state index is 0.101. The van der Waals surface area contributed by atoms with Gasteiger partial charge in [0.05, 0.1) is 7.11 Å². The largest absolute Gasteiger partial charge is 0.468 e. The normalized spacial score (nSPS) is 12.3. The molecule has 0 bridgehead atoms. The van der Waals surface area contributed by atoms with Crippen LogP contribution in [-0.4, -0.2) is 59.4 Å². The molecule has 0 unspecified atom stereocenters. The summed E-state index contributed by atoms with van der Waals surface area (Å²) < 4.78 is 9.71. The number of carbonyl (C=O) groups excluding carboxylic acids is 4. The Kier molecular flexibility index (Phi) is 8.89. The number of carbonyl (C=O) groups is 4. The first-order valence-electron chi connectivity index (χ1n) is 7.17. The number of esters is 2. The van der Waals surface area contributed by atoms with E-state index in [-0.39, 0.29) is 24.0 Å². The van der Waals surface area contributed by atoms with Gasteiger partial charge in [0.15, 0.2) is 5.12 Å². The first-order valence-corrected chi connectivity index (χ1v) is 8.15. The second-order valence-electron chi connectivity index (χ2n) is 6.06. The molecule has 0 aliphatic heterocycles. The van der Waals surface area contributed by atoms with Gasteiger partial charge in [-0.25, -0.2) is 0 Å². The average molecular weight is 347 g/mol. The third-order valence-corrected chi connectivity index (χ3v) is 3.63. The Balaban J connectivity index is 4.91. The number of amides is 1. The summed E-state index contributed by atoms with van der Waals surface area (Å²) >= 11 is 1.02. The third kappa shape index (κ3) is 9.93. The summed E-state index contributed by atoms with van der Waals surface area (Å²) in [5, 5.41) is -0.101. The van der Waals surface area contributed by atoms with E-state index in [0.717, 1.165) is 16.7 Å². The van der Waals surface area contributed by atoms with Gasteiger partial charge in [-0.3, -0.25) is 19.2 Å². The fraction of sp³-hybridized carbons (Fsp3) is 0.733. The molecule has 1 atom stereocenters. The number of thioether (sulfide) groups is 1. The molecule has 0 N–H and O–H groups in total. The van der Waals surface area contributed by atoms with Crippen molar-refractivity contribution >= 4 is 34.7 Å². The van der Waals surface area contributed by atoms with Crippen molar-refractivity contribution in [3.63, 3.8) is 0 Å². The summed E-state index contributed by atoms with van der Waals surface area (Å²) in [7, 11) is 1.20. The topological polar surface area (TPSA) is 90.0 Å². The molecule has 0 radical (unpaired) electrons. The van der Waals surface area contributed by atoms with Gasteiger partial charge in [-0.15, -0.1) is 0 Å². The summed E-state index contributed by atoms with van der Waals surface area (Å²) in [6.45, 7) is 7.49. The van der Waals surface area contributed by atoms with E-state index in [1.165, 1.54) is 14.0 Å². The SMILES string of the molecule is COC(=O)CN(CC(=O)OC(C)(C)C)C(=O)[C@H](C)CSC(C)=O. The molecule has 1 amide bonds. The van der Waals surface area contributed by atoms with Crippen molar-refractivity contribution in [2.75, 3.05) is 26.0 Å². The molecular formula is C15H25NO6S. The number of rotatable bonds is 7. The van der Waals surface area contributed by atoms with Gasteiger partial charge in [-0.05, 0) is 20.8 Å². The van der Waals surface area contributed by atoms with Crippen LogP contribution in [0.2, 0.25) is 0 Å². The lowest BCUT2D eigenvalue weighted by atomic mass is 10.2. The van der Waals surface area contributed by atoms with Crippen LogP contribution in [0.3, 0.4) is 0 Å². The lowest BCUT2D eigenvalue weighted by Crippen LogP contribution is -2.44. The summed E-state index contributed by atoms with van der Waals surface area (Å²) in [5.41, 5.74) is -0.687. The number of methoxy groups -OCH3 is 1. The van der Waals surface area contributed by atoms with Gasteiger partial charge in [0.2, 0.25) is 5.91 Å². The molecule has 0 saturated carbocycles. The summed E-state index contributed by atoms with van der Waals surface area (Å²) in [6, 6.07) is 0. The van der Waals surface area contributed by atoms with Gasteiger partial charge in [0.1, 0.15) is 18.7 Å². The van der Waals surface area contributed by atoms with Crippen molar-refractivity contribution in [3.05, 3.63) is 0 Å². The zero-order chi connectivity index (χ0) is 18.2. The molecule has 0 heterocycles. The van der Waals surface area contributed by atoms with E-state index in [1.807, 2.05) is 0 Å².